The molecule has 0 unspecified atom stereocenters. The highest BCUT2D eigenvalue weighted by Gasteiger charge is 1.87. The van der Waals surface area contributed by atoms with Crippen molar-refractivity contribution in [2.24, 2.45) is 0 Å². The molecule has 1 heterocycles. The summed E-state index contributed by atoms with van der Waals surface area (Å²) in [5.74, 6) is 0. The lowest BCUT2D eigenvalue weighted by Crippen LogP contribution is -1.80. The van der Waals surface area contributed by atoms with Crippen LogP contribution < -0.4 is 0 Å². The molecule has 0 bridgehead atoms. The second-order valence-electron chi connectivity index (χ2n) is 2.27. The Bertz CT molecular complexity index is 294. The molecule has 0 aromatic carbocycles. The van der Waals surface area contributed by atoms with Crippen LogP contribution in [-0.4, -0.2) is 11.5 Å². The Morgan fingerprint density at radius 1 is 1.58 bits per heavy atom. The molecule has 0 amide bonds. The van der Waals surface area contributed by atoms with Gasteiger partial charge in [-0.2, -0.15) is 0 Å². The molecule has 1 rings (SSSR count). The van der Waals surface area contributed by atoms with Gasteiger partial charge in [-0.3, -0.25) is 9.78 Å². The predicted molar refractivity (Wildman–Crippen MR) is 45.2 cm³/mol. The van der Waals surface area contributed by atoms with Gasteiger partial charge in [-0.15, -0.1) is 0 Å². The zero-order chi connectivity index (χ0) is 8.81. The van der Waals surface area contributed by atoms with E-state index in [9.17, 15) is 4.79 Å². The Balaban J connectivity index is 2.69. The first kappa shape index (κ1) is 8.46. The second-order valence-corrected chi connectivity index (χ2v) is 2.27. The van der Waals surface area contributed by atoms with Crippen LogP contribution in [-0.2, 0) is 9.53 Å². The number of carbonyl (C=O) groups is 1. The highest BCUT2D eigenvalue weighted by molar-refractivity contribution is 5.50. The predicted octanol–water partition coefficient (Wildman–Crippen LogP) is 1.53. The minimum absolute atomic E-state index is 0.380. The van der Waals surface area contributed by atoms with Crippen LogP contribution in [0.2, 0.25) is 0 Å². The van der Waals surface area contributed by atoms with Crippen molar-refractivity contribution in [3.63, 3.8) is 0 Å². The normalized spacial score (nSPS) is 10.1. The van der Waals surface area contributed by atoms with Gasteiger partial charge in [0.2, 0.25) is 0 Å². The average molecular weight is 163 g/mol. The number of rotatable bonds is 3. The number of hydrogen-bond acceptors (Lipinski definition) is 3. The van der Waals surface area contributed by atoms with Crippen LogP contribution in [0.25, 0.3) is 6.08 Å². The molecule has 0 saturated heterocycles. The molecule has 1 aromatic heterocycles. The van der Waals surface area contributed by atoms with Gasteiger partial charge in [0.15, 0.2) is 0 Å². The summed E-state index contributed by atoms with van der Waals surface area (Å²) >= 11 is 0. The fraction of sp³-hybridized carbons (Fsp3) is 0.111. The molecule has 0 aliphatic carbocycles. The highest BCUT2D eigenvalue weighted by atomic mass is 16.5. The van der Waals surface area contributed by atoms with Crippen molar-refractivity contribution in [2.75, 3.05) is 0 Å². The second kappa shape index (κ2) is 4.28. The first-order valence-electron chi connectivity index (χ1n) is 3.51. The van der Waals surface area contributed by atoms with Gasteiger partial charge in [0.1, 0.15) is 0 Å². The maximum Gasteiger partial charge on any atom is 0.297 e. The molecule has 0 radical (unpaired) electrons. The maximum absolute atomic E-state index is 9.78. The summed E-state index contributed by atoms with van der Waals surface area (Å²) < 4.78 is 4.40. The molecule has 0 aliphatic heterocycles. The summed E-state index contributed by atoms with van der Waals surface area (Å²) in [6.45, 7) is 2.28. The molecule has 0 saturated carbocycles. The van der Waals surface area contributed by atoms with Gasteiger partial charge in [0.05, 0.1) is 6.26 Å². The lowest BCUT2D eigenvalue weighted by molar-refractivity contribution is -0.123. The Labute approximate surface area is 70.7 Å². The van der Waals surface area contributed by atoms with E-state index in [0.717, 1.165) is 11.3 Å². The van der Waals surface area contributed by atoms with E-state index >= 15 is 0 Å². The van der Waals surface area contributed by atoms with E-state index in [1.165, 1.54) is 6.26 Å². The first-order chi connectivity index (χ1) is 5.83. The summed E-state index contributed by atoms with van der Waals surface area (Å²) in [6, 6.07) is 3.72. The summed E-state index contributed by atoms with van der Waals surface area (Å²) in [7, 11) is 0. The third kappa shape index (κ3) is 2.54. The lowest BCUT2D eigenvalue weighted by atomic mass is 10.2. The smallest absolute Gasteiger partial charge is 0.297 e. The molecule has 0 N–H and O–H groups in total. The van der Waals surface area contributed by atoms with Gasteiger partial charge in [0, 0.05) is 11.9 Å². The molecule has 12 heavy (non-hydrogen) atoms. The fourth-order valence-corrected chi connectivity index (χ4v) is 0.821. The van der Waals surface area contributed by atoms with Gasteiger partial charge >= 0.3 is 0 Å². The third-order valence-corrected chi connectivity index (χ3v) is 1.32. The van der Waals surface area contributed by atoms with Crippen molar-refractivity contribution in [3.05, 3.63) is 35.8 Å². The molecule has 3 heteroatoms. The van der Waals surface area contributed by atoms with Crippen LogP contribution in [0, 0.1) is 6.92 Å². The van der Waals surface area contributed by atoms with Gasteiger partial charge < -0.3 is 4.74 Å². The van der Waals surface area contributed by atoms with Gasteiger partial charge in [-0.05, 0) is 30.7 Å². The van der Waals surface area contributed by atoms with Crippen LogP contribution in [0.1, 0.15) is 11.3 Å². The van der Waals surface area contributed by atoms with E-state index in [1.807, 2.05) is 19.1 Å². The van der Waals surface area contributed by atoms with Crippen LogP contribution >= 0.6 is 0 Å². The van der Waals surface area contributed by atoms with Crippen molar-refractivity contribution >= 4 is 12.5 Å². The molecular formula is C9H9NO2. The summed E-state index contributed by atoms with van der Waals surface area (Å²) in [5.41, 5.74) is 1.90. The fourth-order valence-electron chi connectivity index (χ4n) is 0.821. The third-order valence-electron chi connectivity index (χ3n) is 1.32. The Hall–Kier alpha value is -1.64. The van der Waals surface area contributed by atoms with Gasteiger partial charge in [-0.25, -0.2) is 0 Å². The number of aryl methyl sites for hydroxylation is 1. The molecule has 0 atom stereocenters. The van der Waals surface area contributed by atoms with Gasteiger partial charge in [0.25, 0.3) is 6.47 Å². The maximum atomic E-state index is 9.78. The van der Waals surface area contributed by atoms with E-state index < -0.39 is 0 Å². The quantitative estimate of drug-likeness (QED) is 0.501. The van der Waals surface area contributed by atoms with E-state index in [4.69, 9.17) is 0 Å². The number of nitrogens with zero attached hydrogens (tertiary/aromatic N) is 1. The van der Waals surface area contributed by atoms with Crippen molar-refractivity contribution < 1.29 is 9.53 Å². The Kier molecular flexibility index (Phi) is 3.02. The number of hydrogen-bond donors (Lipinski definition) is 0. The van der Waals surface area contributed by atoms with E-state index in [0.29, 0.717) is 6.47 Å². The number of pyridine rings is 1. The molecular weight excluding hydrogens is 154 g/mol. The first-order valence-corrected chi connectivity index (χ1v) is 3.51. The van der Waals surface area contributed by atoms with Crippen LogP contribution in [0.4, 0.5) is 0 Å². The minimum atomic E-state index is 0.380. The number of ether oxygens (including phenoxy) is 1. The van der Waals surface area contributed by atoms with Crippen LogP contribution in [0.5, 0.6) is 0 Å². The van der Waals surface area contributed by atoms with E-state index in [1.54, 1.807) is 12.3 Å². The van der Waals surface area contributed by atoms with Crippen molar-refractivity contribution in [2.45, 2.75) is 6.92 Å². The largest absolute Gasteiger partial charge is 0.437 e. The summed E-state index contributed by atoms with van der Waals surface area (Å²) in [6.07, 6.45) is 4.74. The van der Waals surface area contributed by atoms with E-state index in [-0.39, 0.29) is 0 Å². The van der Waals surface area contributed by atoms with Crippen LogP contribution in [0.3, 0.4) is 0 Å². The van der Waals surface area contributed by atoms with E-state index in [2.05, 4.69) is 9.72 Å². The molecule has 0 fully saturated rings. The molecule has 0 aliphatic rings. The Morgan fingerprint density at radius 3 is 3.08 bits per heavy atom. The zero-order valence-corrected chi connectivity index (χ0v) is 6.73. The zero-order valence-electron chi connectivity index (χ0n) is 6.73. The van der Waals surface area contributed by atoms with Crippen molar-refractivity contribution in [1.82, 2.24) is 4.98 Å². The summed E-state index contributed by atoms with van der Waals surface area (Å²) in [4.78, 5) is 13.8. The SMILES string of the molecule is Cc1cc(/C=C/OC=O)ccn1. The average Bonchev–Trinajstić information content (AvgIpc) is 2.05. The standard InChI is InChI=1S/C9H9NO2/c1-8-6-9(2-4-10-8)3-5-12-7-11/h2-7H,1H3/b5-3+. The minimum Gasteiger partial charge on any atom is -0.437 e. The molecule has 3 nitrogen and oxygen atoms in total. The van der Waals surface area contributed by atoms with Gasteiger partial charge in [-0.1, -0.05) is 0 Å². The van der Waals surface area contributed by atoms with Crippen molar-refractivity contribution in [1.29, 1.82) is 0 Å². The Morgan fingerprint density at radius 2 is 2.42 bits per heavy atom. The number of aromatic nitrogens is 1. The van der Waals surface area contributed by atoms with Crippen molar-refractivity contribution in [3.8, 4) is 0 Å². The molecule has 62 valence electrons. The summed E-state index contributed by atoms with van der Waals surface area (Å²) in [5, 5.41) is 0. The molecule has 1 aromatic rings. The monoisotopic (exact) mass is 163 g/mol. The topological polar surface area (TPSA) is 39.2 Å². The molecule has 0 spiro atoms. The highest BCUT2D eigenvalue weighted by Crippen LogP contribution is 2.02. The van der Waals surface area contributed by atoms with Crippen LogP contribution in [0.15, 0.2) is 24.6 Å². The number of carbonyl (C=O) groups excluding carboxylic acids is 1. The lowest BCUT2D eigenvalue weighted by Gasteiger charge is -1.93.